The van der Waals surface area contributed by atoms with Crippen molar-refractivity contribution in [3.63, 3.8) is 0 Å². The molecular formula is C10H13F2N3O4S. The molecule has 0 unspecified atom stereocenters. The zero-order chi connectivity index (χ0) is 15.0. The van der Waals surface area contributed by atoms with E-state index in [9.17, 15) is 18.4 Å². The largest absolute Gasteiger partial charge is 0.476 e. The number of halogens is 2. The molecule has 1 aromatic rings. The highest BCUT2D eigenvalue weighted by atomic mass is 32.1. The van der Waals surface area contributed by atoms with Gasteiger partial charge in [-0.25, -0.2) is 23.4 Å². The van der Waals surface area contributed by atoms with E-state index in [4.69, 9.17) is 5.11 Å². The minimum atomic E-state index is -2.53. The van der Waals surface area contributed by atoms with Crippen LogP contribution in [0.1, 0.15) is 15.5 Å². The van der Waals surface area contributed by atoms with Gasteiger partial charge in [0.1, 0.15) is 11.6 Å². The molecule has 10 heteroatoms. The molecule has 0 fully saturated rings. The first-order valence-electron chi connectivity index (χ1n) is 5.54. The quantitative estimate of drug-likeness (QED) is 0.620. The van der Waals surface area contributed by atoms with Gasteiger partial charge < -0.3 is 20.5 Å². The van der Waals surface area contributed by atoms with Crippen LogP contribution >= 0.6 is 11.3 Å². The van der Waals surface area contributed by atoms with E-state index in [0.29, 0.717) is 5.01 Å². The molecule has 20 heavy (non-hydrogen) atoms. The first-order valence-corrected chi connectivity index (χ1v) is 6.42. The van der Waals surface area contributed by atoms with Gasteiger partial charge in [0.2, 0.25) is 0 Å². The lowest BCUT2D eigenvalue weighted by atomic mass is 10.5. The lowest BCUT2D eigenvalue weighted by Gasteiger charge is -2.06. The van der Waals surface area contributed by atoms with Gasteiger partial charge in [0.05, 0.1) is 13.2 Å². The van der Waals surface area contributed by atoms with E-state index in [1.807, 2.05) is 0 Å². The Hall–Kier alpha value is -1.81. The van der Waals surface area contributed by atoms with Gasteiger partial charge in [-0.1, -0.05) is 0 Å². The summed E-state index contributed by atoms with van der Waals surface area (Å²) in [4.78, 5) is 25.6. The monoisotopic (exact) mass is 309 g/mol. The van der Waals surface area contributed by atoms with Crippen LogP contribution in [0.15, 0.2) is 5.38 Å². The molecule has 0 atom stereocenters. The summed E-state index contributed by atoms with van der Waals surface area (Å²) < 4.78 is 28.0. The highest BCUT2D eigenvalue weighted by Crippen LogP contribution is 2.09. The number of rotatable bonds is 8. The fraction of sp³-hybridized carbons (Fsp3) is 0.500. The number of carboxylic acids is 1. The number of amides is 2. The van der Waals surface area contributed by atoms with E-state index in [1.54, 1.807) is 0 Å². The molecule has 7 nitrogen and oxygen atoms in total. The molecule has 1 rings (SSSR count). The van der Waals surface area contributed by atoms with Crippen LogP contribution in [0.3, 0.4) is 0 Å². The van der Waals surface area contributed by atoms with Crippen LogP contribution in [-0.4, -0.2) is 48.3 Å². The molecular weight excluding hydrogens is 296 g/mol. The zero-order valence-electron chi connectivity index (χ0n) is 10.3. The third-order valence-electron chi connectivity index (χ3n) is 1.95. The summed E-state index contributed by atoms with van der Waals surface area (Å²) in [7, 11) is 0. The molecule has 3 N–H and O–H groups in total. The number of hydrogen-bond acceptors (Lipinski definition) is 5. The summed E-state index contributed by atoms with van der Waals surface area (Å²) in [6.45, 7) is -0.503. The Labute approximate surface area is 117 Å². The standard InChI is InChI=1S/C10H13F2N3O4S/c11-7(12)4-19-2-1-13-10(18)14-3-8-15-6(5-20-8)9(16)17/h5,7H,1-4H2,(H,16,17)(H2,13,14,18). The van der Waals surface area contributed by atoms with Crippen molar-refractivity contribution in [3.05, 3.63) is 16.1 Å². The SMILES string of the molecule is O=C(NCCOCC(F)F)NCc1nc(C(=O)O)cs1. The highest BCUT2D eigenvalue weighted by Gasteiger charge is 2.09. The molecule has 0 aromatic carbocycles. The summed E-state index contributed by atoms with van der Waals surface area (Å²) in [6.07, 6.45) is -2.53. The Morgan fingerprint density at radius 3 is 2.80 bits per heavy atom. The van der Waals surface area contributed by atoms with Gasteiger partial charge in [0, 0.05) is 11.9 Å². The number of nitrogens with one attached hydrogen (secondary N) is 2. The number of carbonyl (C=O) groups excluding carboxylic acids is 1. The van der Waals surface area contributed by atoms with E-state index in [0.717, 1.165) is 11.3 Å². The van der Waals surface area contributed by atoms with Crippen molar-refractivity contribution in [2.24, 2.45) is 0 Å². The molecule has 0 aliphatic heterocycles. The summed E-state index contributed by atoms with van der Waals surface area (Å²) in [5.74, 6) is -1.13. The summed E-state index contributed by atoms with van der Waals surface area (Å²) in [5.41, 5.74) is -0.0763. The van der Waals surface area contributed by atoms with Gasteiger partial charge in [-0.15, -0.1) is 11.3 Å². The van der Waals surface area contributed by atoms with Crippen molar-refractivity contribution >= 4 is 23.3 Å². The number of carbonyl (C=O) groups is 2. The van der Waals surface area contributed by atoms with Crippen molar-refractivity contribution in [3.8, 4) is 0 Å². The maximum Gasteiger partial charge on any atom is 0.355 e. The number of urea groups is 1. The van der Waals surface area contributed by atoms with Crippen molar-refractivity contribution in [1.82, 2.24) is 15.6 Å². The van der Waals surface area contributed by atoms with E-state index < -0.39 is 25.0 Å². The van der Waals surface area contributed by atoms with E-state index in [-0.39, 0.29) is 25.4 Å². The number of nitrogens with zero attached hydrogens (tertiary/aromatic N) is 1. The normalized spacial score (nSPS) is 10.6. The first-order chi connectivity index (χ1) is 9.49. The minimum absolute atomic E-state index is 0.0157. The number of aromatic nitrogens is 1. The number of thiazole rings is 1. The Morgan fingerprint density at radius 2 is 2.20 bits per heavy atom. The average Bonchev–Trinajstić information content (AvgIpc) is 2.84. The molecule has 0 saturated carbocycles. The smallest absolute Gasteiger partial charge is 0.355 e. The highest BCUT2D eigenvalue weighted by molar-refractivity contribution is 7.09. The third-order valence-corrected chi connectivity index (χ3v) is 2.80. The number of aromatic carboxylic acids is 1. The zero-order valence-corrected chi connectivity index (χ0v) is 11.1. The maximum absolute atomic E-state index is 11.7. The summed E-state index contributed by atoms with van der Waals surface area (Å²) >= 11 is 1.11. The molecule has 0 radical (unpaired) electrons. The number of alkyl halides is 2. The van der Waals surface area contributed by atoms with Gasteiger partial charge in [-0.05, 0) is 0 Å². The molecule has 1 heterocycles. The molecule has 1 aromatic heterocycles. The fourth-order valence-corrected chi connectivity index (χ4v) is 1.83. The summed E-state index contributed by atoms with van der Waals surface area (Å²) in [5, 5.41) is 15.3. The van der Waals surface area contributed by atoms with Crippen LogP contribution in [0, 0.1) is 0 Å². The van der Waals surface area contributed by atoms with Gasteiger partial charge in [0.25, 0.3) is 6.43 Å². The Kier molecular flexibility index (Phi) is 6.81. The second-order valence-corrected chi connectivity index (χ2v) is 4.45. The first kappa shape index (κ1) is 16.2. The van der Waals surface area contributed by atoms with Crippen molar-refractivity contribution < 1.29 is 28.2 Å². The van der Waals surface area contributed by atoms with Crippen LogP contribution in [0.25, 0.3) is 0 Å². The predicted octanol–water partition coefficient (Wildman–Crippen LogP) is 0.922. The third kappa shape index (κ3) is 6.38. The Balaban J connectivity index is 2.14. The number of carboxylic acid groups (broad SMARTS) is 1. The van der Waals surface area contributed by atoms with Gasteiger partial charge in [-0.3, -0.25) is 0 Å². The lowest BCUT2D eigenvalue weighted by Crippen LogP contribution is -2.37. The lowest BCUT2D eigenvalue weighted by molar-refractivity contribution is 0.0193. The molecule has 112 valence electrons. The molecule has 0 aliphatic carbocycles. The van der Waals surface area contributed by atoms with Crippen LogP contribution in [0.4, 0.5) is 13.6 Å². The Morgan fingerprint density at radius 1 is 1.45 bits per heavy atom. The number of ether oxygens (including phenoxy) is 1. The van der Waals surface area contributed by atoms with E-state index >= 15 is 0 Å². The molecule has 0 spiro atoms. The Bertz CT molecular complexity index is 455. The van der Waals surface area contributed by atoms with E-state index in [1.165, 1.54) is 5.38 Å². The fourth-order valence-electron chi connectivity index (χ4n) is 1.12. The molecule has 0 bridgehead atoms. The predicted molar refractivity (Wildman–Crippen MR) is 66.1 cm³/mol. The van der Waals surface area contributed by atoms with Crippen LogP contribution in [0.2, 0.25) is 0 Å². The topological polar surface area (TPSA) is 101 Å². The van der Waals surface area contributed by atoms with Crippen molar-refractivity contribution in [2.45, 2.75) is 13.0 Å². The summed E-state index contributed by atoms with van der Waals surface area (Å²) in [6, 6.07) is -0.516. The van der Waals surface area contributed by atoms with Gasteiger partial charge in [-0.2, -0.15) is 0 Å². The maximum atomic E-state index is 11.7. The van der Waals surface area contributed by atoms with Crippen LogP contribution in [0.5, 0.6) is 0 Å². The van der Waals surface area contributed by atoms with Gasteiger partial charge in [0.15, 0.2) is 5.69 Å². The van der Waals surface area contributed by atoms with Gasteiger partial charge >= 0.3 is 12.0 Å². The molecule has 2 amide bonds. The molecule has 0 aliphatic rings. The number of hydrogen-bond donors (Lipinski definition) is 3. The van der Waals surface area contributed by atoms with E-state index in [2.05, 4.69) is 20.4 Å². The van der Waals surface area contributed by atoms with Crippen LogP contribution < -0.4 is 10.6 Å². The second-order valence-electron chi connectivity index (χ2n) is 3.51. The minimum Gasteiger partial charge on any atom is -0.476 e. The van der Waals surface area contributed by atoms with Crippen molar-refractivity contribution in [2.75, 3.05) is 19.8 Å². The van der Waals surface area contributed by atoms with Crippen LogP contribution in [-0.2, 0) is 11.3 Å². The second kappa shape index (κ2) is 8.38. The molecule has 0 saturated heterocycles. The average molecular weight is 309 g/mol. The van der Waals surface area contributed by atoms with Crippen molar-refractivity contribution in [1.29, 1.82) is 0 Å².